The molecule has 0 aliphatic rings. The number of nitrogens with one attached hydrogen (secondary N) is 1. The van der Waals surface area contributed by atoms with Crippen molar-refractivity contribution in [3.05, 3.63) is 74.2 Å². The fourth-order valence-corrected chi connectivity index (χ4v) is 2.81. The highest BCUT2D eigenvalue weighted by Gasteiger charge is 2.13. The van der Waals surface area contributed by atoms with Gasteiger partial charge >= 0.3 is 0 Å². The van der Waals surface area contributed by atoms with Crippen LogP contribution in [-0.2, 0) is 6.61 Å². The number of nitro benzene ring substituents is 1. The van der Waals surface area contributed by atoms with Crippen molar-refractivity contribution in [1.29, 1.82) is 0 Å². The summed E-state index contributed by atoms with van der Waals surface area (Å²) >= 11 is 7.16. The van der Waals surface area contributed by atoms with Gasteiger partial charge in [0.25, 0.3) is 11.6 Å². The van der Waals surface area contributed by atoms with E-state index in [-0.39, 0.29) is 17.9 Å². The number of benzene rings is 2. The fourth-order valence-electron chi connectivity index (χ4n) is 1.97. The fraction of sp³-hybridized carbons (Fsp3) is 0.0625. The molecule has 0 aliphatic carbocycles. The van der Waals surface area contributed by atoms with Gasteiger partial charge in [-0.1, -0.05) is 35.1 Å². The molecule has 10 heteroatoms. The summed E-state index contributed by atoms with van der Waals surface area (Å²) in [5.74, 6) is 0.0930. The van der Waals surface area contributed by atoms with Crippen molar-refractivity contribution in [2.24, 2.45) is 0 Å². The molecular formula is C16H11ClN4O4S. The smallest absolute Gasteiger partial charge is 0.269 e. The second-order valence-corrected chi connectivity index (χ2v) is 6.45. The molecule has 0 atom stereocenters. The Hall–Kier alpha value is -3.04. The molecule has 8 nitrogen and oxygen atoms in total. The molecule has 0 aliphatic heterocycles. The number of nitro groups is 1. The number of halogens is 1. The maximum Gasteiger partial charge on any atom is 0.269 e. The lowest BCUT2D eigenvalue weighted by atomic mass is 10.2. The Morgan fingerprint density at radius 2 is 1.92 bits per heavy atom. The Balaban J connectivity index is 1.60. The summed E-state index contributed by atoms with van der Waals surface area (Å²) in [4.78, 5) is 22.2. The molecule has 3 rings (SSSR count). The highest BCUT2D eigenvalue weighted by Crippen LogP contribution is 2.25. The van der Waals surface area contributed by atoms with E-state index >= 15 is 0 Å². The molecule has 3 aromatic rings. The molecule has 0 fully saturated rings. The van der Waals surface area contributed by atoms with Crippen LogP contribution in [0.5, 0.6) is 5.75 Å². The van der Waals surface area contributed by atoms with E-state index in [1.165, 1.54) is 24.3 Å². The third-order valence-corrected chi connectivity index (χ3v) is 4.34. The van der Waals surface area contributed by atoms with Crippen LogP contribution < -0.4 is 10.1 Å². The van der Waals surface area contributed by atoms with Crippen LogP contribution in [0, 0.1) is 10.1 Å². The summed E-state index contributed by atoms with van der Waals surface area (Å²) in [5, 5.41) is 22.4. The maximum absolute atomic E-state index is 12.1. The molecule has 0 radical (unpaired) electrons. The average molecular weight is 391 g/mol. The zero-order valence-electron chi connectivity index (χ0n) is 13.1. The molecule has 1 aromatic heterocycles. The molecule has 0 saturated carbocycles. The Labute approximate surface area is 156 Å². The van der Waals surface area contributed by atoms with Gasteiger partial charge in [-0.15, -0.1) is 10.2 Å². The summed E-state index contributed by atoms with van der Waals surface area (Å²) in [6.45, 7) is 0.162. The minimum atomic E-state index is -0.530. The molecule has 0 spiro atoms. The van der Waals surface area contributed by atoms with Gasteiger partial charge in [0.2, 0.25) is 5.13 Å². The number of hydrogen-bond acceptors (Lipinski definition) is 7. The van der Waals surface area contributed by atoms with Crippen molar-refractivity contribution in [3.63, 3.8) is 0 Å². The van der Waals surface area contributed by atoms with E-state index in [1.54, 1.807) is 24.3 Å². The number of non-ortho nitro benzene ring substituents is 1. The van der Waals surface area contributed by atoms with E-state index in [0.29, 0.717) is 20.9 Å². The molecule has 1 amide bonds. The Morgan fingerprint density at radius 3 is 2.62 bits per heavy atom. The second kappa shape index (κ2) is 7.89. The van der Waals surface area contributed by atoms with Crippen LogP contribution in [0.15, 0.2) is 48.5 Å². The molecule has 1 N–H and O–H groups in total. The highest BCUT2D eigenvalue weighted by atomic mass is 35.5. The molecule has 132 valence electrons. The number of carbonyl (C=O) groups excluding carboxylic acids is 1. The van der Waals surface area contributed by atoms with Gasteiger partial charge in [-0.25, -0.2) is 0 Å². The van der Waals surface area contributed by atoms with Crippen LogP contribution in [0.4, 0.5) is 10.8 Å². The van der Waals surface area contributed by atoms with Gasteiger partial charge in [0.15, 0.2) is 5.01 Å². The SMILES string of the molecule is O=C(Nc1nnc(COc2ccccc2Cl)s1)c1ccc([N+](=O)[O-])cc1. The van der Waals surface area contributed by atoms with Crippen LogP contribution in [-0.4, -0.2) is 21.0 Å². The van der Waals surface area contributed by atoms with Gasteiger partial charge in [0.05, 0.1) is 9.95 Å². The predicted octanol–water partition coefficient (Wildman–Crippen LogP) is 3.93. The van der Waals surface area contributed by atoms with Gasteiger partial charge in [-0.3, -0.25) is 20.2 Å². The maximum atomic E-state index is 12.1. The summed E-state index contributed by atoms with van der Waals surface area (Å²) in [5.41, 5.74) is 0.191. The van der Waals surface area contributed by atoms with Crippen LogP contribution in [0.25, 0.3) is 0 Å². The summed E-state index contributed by atoms with van der Waals surface area (Å²) in [6, 6.07) is 12.3. The van der Waals surface area contributed by atoms with E-state index in [0.717, 1.165) is 11.3 Å². The number of nitrogens with zero attached hydrogens (tertiary/aromatic N) is 3. The summed E-state index contributed by atoms with van der Waals surface area (Å²) in [6.07, 6.45) is 0. The van der Waals surface area contributed by atoms with Crippen molar-refractivity contribution < 1.29 is 14.5 Å². The molecule has 0 saturated heterocycles. The minimum absolute atomic E-state index is 0.0866. The Morgan fingerprint density at radius 1 is 1.19 bits per heavy atom. The number of amides is 1. The molecule has 26 heavy (non-hydrogen) atoms. The van der Waals surface area contributed by atoms with E-state index < -0.39 is 10.8 Å². The quantitative estimate of drug-likeness (QED) is 0.504. The van der Waals surface area contributed by atoms with Crippen LogP contribution >= 0.6 is 22.9 Å². The molecule has 0 bridgehead atoms. The molecular weight excluding hydrogens is 380 g/mol. The lowest BCUT2D eigenvalue weighted by Gasteiger charge is -2.04. The standard InChI is InChI=1S/C16H11ClN4O4S/c17-12-3-1-2-4-13(12)25-9-14-19-20-16(26-14)18-15(22)10-5-7-11(8-6-10)21(23)24/h1-8H,9H2,(H,18,20,22). The number of hydrogen-bond donors (Lipinski definition) is 1. The van der Waals surface area contributed by atoms with Crippen molar-refractivity contribution in [2.75, 3.05) is 5.32 Å². The predicted molar refractivity (Wildman–Crippen MR) is 96.7 cm³/mol. The molecule has 2 aromatic carbocycles. The number of carbonyl (C=O) groups is 1. The van der Waals surface area contributed by atoms with E-state index in [1.807, 2.05) is 0 Å². The van der Waals surface area contributed by atoms with Gasteiger partial charge in [-0.2, -0.15) is 0 Å². The summed E-state index contributed by atoms with van der Waals surface area (Å²) in [7, 11) is 0. The van der Waals surface area contributed by atoms with Crippen molar-refractivity contribution >= 4 is 39.7 Å². The van der Waals surface area contributed by atoms with Crippen LogP contribution in [0.1, 0.15) is 15.4 Å². The first-order valence-electron chi connectivity index (χ1n) is 7.28. The third-order valence-electron chi connectivity index (χ3n) is 3.22. The number of ether oxygens (including phenoxy) is 1. The molecule has 1 heterocycles. The number of rotatable bonds is 6. The third kappa shape index (κ3) is 4.32. The van der Waals surface area contributed by atoms with E-state index in [4.69, 9.17) is 16.3 Å². The van der Waals surface area contributed by atoms with Crippen molar-refractivity contribution in [2.45, 2.75) is 6.61 Å². The van der Waals surface area contributed by atoms with Crippen molar-refractivity contribution in [3.8, 4) is 5.75 Å². The highest BCUT2D eigenvalue weighted by molar-refractivity contribution is 7.15. The van der Waals surface area contributed by atoms with Gasteiger partial charge in [0.1, 0.15) is 12.4 Å². The minimum Gasteiger partial charge on any atom is -0.485 e. The zero-order chi connectivity index (χ0) is 18.5. The lowest BCUT2D eigenvalue weighted by Crippen LogP contribution is -2.11. The monoisotopic (exact) mass is 390 g/mol. The van der Waals surface area contributed by atoms with Gasteiger partial charge in [0, 0.05) is 17.7 Å². The Bertz CT molecular complexity index is 945. The van der Waals surface area contributed by atoms with Gasteiger partial charge < -0.3 is 4.74 Å². The topological polar surface area (TPSA) is 107 Å². The van der Waals surface area contributed by atoms with Crippen LogP contribution in [0.2, 0.25) is 5.02 Å². The number of anilines is 1. The lowest BCUT2D eigenvalue weighted by molar-refractivity contribution is -0.384. The van der Waals surface area contributed by atoms with E-state index in [9.17, 15) is 14.9 Å². The normalized spacial score (nSPS) is 10.3. The average Bonchev–Trinajstić information content (AvgIpc) is 3.08. The van der Waals surface area contributed by atoms with Crippen molar-refractivity contribution in [1.82, 2.24) is 10.2 Å². The zero-order valence-corrected chi connectivity index (χ0v) is 14.7. The van der Waals surface area contributed by atoms with E-state index in [2.05, 4.69) is 15.5 Å². The number of para-hydroxylation sites is 1. The Kier molecular flexibility index (Phi) is 5.40. The first-order chi connectivity index (χ1) is 12.5. The molecule has 0 unspecified atom stereocenters. The second-order valence-electron chi connectivity index (χ2n) is 4.98. The van der Waals surface area contributed by atoms with Gasteiger partial charge in [-0.05, 0) is 24.3 Å². The summed E-state index contributed by atoms with van der Waals surface area (Å²) < 4.78 is 5.56. The first-order valence-corrected chi connectivity index (χ1v) is 8.48. The first kappa shape index (κ1) is 17.8. The van der Waals surface area contributed by atoms with Crippen LogP contribution in [0.3, 0.4) is 0 Å². The largest absolute Gasteiger partial charge is 0.485 e. The number of aromatic nitrogens is 2.